The summed E-state index contributed by atoms with van der Waals surface area (Å²) in [5.41, 5.74) is 7.93. The van der Waals surface area contributed by atoms with E-state index in [4.69, 9.17) is 0 Å². The number of fused-ring (bicyclic) bond motifs is 2. The fourth-order valence-corrected chi connectivity index (χ4v) is 4.48. The maximum atomic E-state index is 12.2. The molecule has 1 aromatic carbocycles. The second-order valence-electron chi connectivity index (χ2n) is 9.31. The molecule has 6 aromatic rings. The Morgan fingerprint density at radius 1 is 1.00 bits per heavy atom. The van der Waals surface area contributed by atoms with E-state index in [2.05, 4.69) is 47.6 Å². The molecule has 0 unspecified atom stereocenters. The number of H-pyrrole nitrogens is 2. The van der Waals surface area contributed by atoms with Gasteiger partial charge < -0.3 is 19.8 Å². The third-order valence-corrected chi connectivity index (χ3v) is 6.15. The summed E-state index contributed by atoms with van der Waals surface area (Å²) >= 11 is 0. The van der Waals surface area contributed by atoms with E-state index in [1.54, 1.807) is 18.7 Å². The van der Waals surface area contributed by atoms with Crippen molar-refractivity contribution >= 4 is 33.4 Å². The topological polar surface area (TPSA) is 120 Å². The van der Waals surface area contributed by atoms with Crippen LogP contribution in [0.4, 0.5) is 5.69 Å². The van der Waals surface area contributed by atoms with E-state index in [1.165, 1.54) is 0 Å². The van der Waals surface area contributed by atoms with Gasteiger partial charge in [0, 0.05) is 28.7 Å². The molecule has 0 fully saturated rings. The maximum Gasteiger partial charge on any atom is 0.238 e. The average molecular weight is 492 g/mol. The summed E-state index contributed by atoms with van der Waals surface area (Å²) in [6.07, 6.45) is 10.9. The lowest BCUT2D eigenvalue weighted by Gasteiger charge is -2.11. The Morgan fingerprint density at radius 3 is 2.68 bits per heavy atom. The molecular weight excluding hydrogens is 466 g/mol. The second-order valence-corrected chi connectivity index (χ2v) is 9.31. The molecule has 0 radical (unpaired) electrons. The van der Waals surface area contributed by atoms with Crippen LogP contribution < -0.4 is 5.32 Å². The lowest BCUT2D eigenvalue weighted by molar-refractivity contribution is -0.116. The van der Waals surface area contributed by atoms with Crippen molar-refractivity contribution in [3.8, 4) is 28.2 Å². The first-order valence-corrected chi connectivity index (χ1v) is 11.8. The zero-order chi connectivity index (χ0) is 25.5. The standard InChI is InChI=1S/C27H25N9O/c1-16-13-36(15-30-16)25-12-29-11-24-20(25)8-23(32-24)27-21-7-17(4-5-22(21)33-34-27)18-6-19(10-28-9-18)31-26(37)14-35(2)3/h4-13,15,32H,14H2,1-3H3,(H,31,37)(H,33,34). The van der Waals surface area contributed by atoms with E-state index < -0.39 is 0 Å². The minimum absolute atomic E-state index is 0.0879. The number of likely N-dealkylation sites (N-methyl/N-ethyl adjacent to an activating group) is 1. The lowest BCUT2D eigenvalue weighted by atomic mass is 10.0. The highest BCUT2D eigenvalue weighted by Gasteiger charge is 2.15. The van der Waals surface area contributed by atoms with E-state index in [1.807, 2.05) is 67.3 Å². The van der Waals surface area contributed by atoms with Gasteiger partial charge in [-0.3, -0.25) is 19.9 Å². The lowest BCUT2D eigenvalue weighted by Crippen LogP contribution is -2.27. The van der Waals surface area contributed by atoms with Crippen LogP contribution >= 0.6 is 0 Å². The molecule has 0 bridgehead atoms. The molecule has 6 rings (SSSR count). The van der Waals surface area contributed by atoms with Crippen molar-refractivity contribution in [1.29, 1.82) is 0 Å². The number of carbonyl (C=O) groups excluding carboxylic acids is 1. The predicted octanol–water partition coefficient (Wildman–Crippen LogP) is 4.16. The number of anilines is 1. The van der Waals surface area contributed by atoms with Gasteiger partial charge in [-0.05, 0) is 50.8 Å². The first kappa shape index (κ1) is 22.6. The third kappa shape index (κ3) is 4.34. The number of aryl methyl sites for hydroxylation is 1. The zero-order valence-corrected chi connectivity index (χ0v) is 20.6. The smallest absolute Gasteiger partial charge is 0.238 e. The Hall–Kier alpha value is -4.83. The van der Waals surface area contributed by atoms with E-state index in [0.717, 1.165) is 55.7 Å². The van der Waals surface area contributed by atoms with Crippen LogP contribution in [0.2, 0.25) is 0 Å². The van der Waals surface area contributed by atoms with Crippen LogP contribution in [0.5, 0.6) is 0 Å². The summed E-state index contributed by atoms with van der Waals surface area (Å²) in [4.78, 5) is 30.6. The van der Waals surface area contributed by atoms with Gasteiger partial charge in [-0.1, -0.05) is 6.07 Å². The Labute approximate surface area is 212 Å². The fourth-order valence-electron chi connectivity index (χ4n) is 4.48. The molecule has 0 atom stereocenters. The van der Waals surface area contributed by atoms with Gasteiger partial charge in [0.1, 0.15) is 5.69 Å². The van der Waals surface area contributed by atoms with Crippen LogP contribution in [0.3, 0.4) is 0 Å². The summed E-state index contributed by atoms with van der Waals surface area (Å²) in [6, 6.07) is 10.1. The molecular formula is C27H25N9O. The number of pyridine rings is 2. The van der Waals surface area contributed by atoms with E-state index in [9.17, 15) is 4.79 Å². The van der Waals surface area contributed by atoms with Gasteiger partial charge in [-0.2, -0.15) is 5.10 Å². The minimum atomic E-state index is -0.0879. The predicted molar refractivity (Wildman–Crippen MR) is 143 cm³/mol. The van der Waals surface area contributed by atoms with Gasteiger partial charge in [-0.15, -0.1) is 0 Å². The number of aromatic nitrogens is 7. The molecule has 10 nitrogen and oxygen atoms in total. The molecule has 10 heteroatoms. The third-order valence-electron chi connectivity index (χ3n) is 6.15. The van der Waals surface area contributed by atoms with Gasteiger partial charge >= 0.3 is 0 Å². The number of imidazole rings is 1. The van der Waals surface area contributed by atoms with Crippen LogP contribution in [0.15, 0.2) is 67.6 Å². The number of aromatic amines is 2. The highest BCUT2D eigenvalue weighted by Crippen LogP contribution is 2.33. The van der Waals surface area contributed by atoms with Gasteiger partial charge in [0.25, 0.3) is 0 Å². The molecule has 0 spiro atoms. The number of benzene rings is 1. The van der Waals surface area contributed by atoms with Crippen LogP contribution in [0.25, 0.3) is 50.0 Å². The first-order valence-electron chi connectivity index (χ1n) is 11.8. The Balaban J connectivity index is 1.38. The van der Waals surface area contributed by atoms with Gasteiger partial charge in [-0.25, -0.2) is 4.98 Å². The number of hydrogen-bond donors (Lipinski definition) is 3. The van der Waals surface area contributed by atoms with Crippen molar-refractivity contribution in [2.24, 2.45) is 0 Å². The monoisotopic (exact) mass is 491 g/mol. The summed E-state index contributed by atoms with van der Waals surface area (Å²) in [7, 11) is 3.71. The van der Waals surface area contributed by atoms with Crippen molar-refractivity contribution in [2.75, 3.05) is 26.0 Å². The molecule has 3 N–H and O–H groups in total. The van der Waals surface area contributed by atoms with E-state index in [-0.39, 0.29) is 5.91 Å². The largest absolute Gasteiger partial charge is 0.352 e. The number of nitrogens with one attached hydrogen (secondary N) is 3. The van der Waals surface area contributed by atoms with Crippen LogP contribution in [0, 0.1) is 6.92 Å². The average Bonchev–Trinajstić information content (AvgIpc) is 3.60. The molecule has 0 saturated heterocycles. The molecule has 5 heterocycles. The number of carbonyl (C=O) groups is 1. The molecule has 0 saturated carbocycles. The second kappa shape index (κ2) is 8.99. The van der Waals surface area contributed by atoms with Gasteiger partial charge in [0.05, 0.1) is 65.3 Å². The van der Waals surface area contributed by atoms with E-state index in [0.29, 0.717) is 12.2 Å². The molecule has 0 aliphatic heterocycles. The van der Waals surface area contributed by atoms with Crippen LogP contribution in [-0.4, -0.2) is 66.1 Å². The summed E-state index contributed by atoms with van der Waals surface area (Å²) < 4.78 is 1.97. The normalized spacial score (nSPS) is 11.6. The maximum absolute atomic E-state index is 12.2. The highest BCUT2D eigenvalue weighted by atomic mass is 16.2. The fraction of sp³-hybridized carbons (Fsp3) is 0.148. The first-order chi connectivity index (χ1) is 17.9. The zero-order valence-electron chi connectivity index (χ0n) is 20.6. The minimum Gasteiger partial charge on any atom is -0.352 e. The van der Waals surface area contributed by atoms with Crippen LogP contribution in [0.1, 0.15) is 5.69 Å². The quantitative estimate of drug-likeness (QED) is 0.322. The molecule has 184 valence electrons. The number of rotatable bonds is 6. The summed E-state index contributed by atoms with van der Waals surface area (Å²) in [5, 5.41) is 12.7. The highest BCUT2D eigenvalue weighted by molar-refractivity contribution is 5.99. The van der Waals surface area contributed by atoms with Crippen molar-refractivity contribution in [1.82, 2.24) is 39.6 Å². The Bertz CT molecular complexity index is 1760. The van der Waals surface area contributed by atoms with Crippen molar-refractivity contribution < 1.29 is 4.79 Å². The van der Waals surface area contributed by atoms with E-state index >= 15 is 0 Å². The Kier molecular flexibility index (Phi) is 5.50. The van der Waals surface area contributed by atoms with Gasteiger partial charge in [0.15, 0.2) is 0 Å². The number of nitrogens with zero attached hydrogens (tertiary/aromatic N) is 6. The van der Waals surface area contributed by atoms with Crippen molar-refractivity contribution in [3.05, 3.63) is 73.3 Å². The molecule has 5 aromatic heterocycles. The molecule has 37 heavy (non-hydrogen) atoms. The number of hydrogen-bond acceptors (Lipinski definition) is 6. The van der Waals surface area contributed by atoms with Gasteiger partial charge in [0.2, 0.25) is 5.91 Å². The summed E-state index contributed by atoms with van der Waals surface area (Å²) in [6.45, 7) is 2.26. The molecule has 0 aliphatic rings. The molecule has 0 aliphatic carbocycles. The summed E-state index contributed by atoms with van der Waals surface area (Å²) in [5.74, 6) is -0.0879. The molecule has 1 amide bonds. The van der Waals surface area contributed by atoms with Crippen molar-refractivity contribution in [2.45, 2.75) is 6.92 Å². The van der Waals surface area contributed by atoms with Crippen LogP contribution in [-0.2, 0) is 4.79 Å². The number of amides is 1. The Morgan fingerprint density at radius 2 is 1.86 bits per heavy atom. The van der Waals surface area contributed by atoms with Crippen molar-refractivity contribution in [3.63, 3.8) is 0 Å². The SMILES string of the molecule is Cc1cn(-c2cncc3[nH]c(-c4n[nH]c5ccc(-c6cncc(NC(=O)CN(C)C)c6)cc45)cc23)cn1.